The van der Waals surface area contributed by atoms with Crippen molar-refractivity contribution in [2.45, 2.75) is 32.6 Å². The lowest BCUT2D eigenvalue weighted by Crippen LogP contribution is -2.38. The van der Waals surface area contributed by atoms with E-state index >= 15 is 0 Å². The van der Waals surface area contributed by atoms with E-state index in [0.29, 0.717) is 32.2 Å². The van der Waals surface area contributed by atoms with Crippen molar-refractivity contribution in [2.24, 2.45) is 17.6 Å². The first kappa shape index (κ1) is 14.5. The number of nitrogens with two attached hydrogens (primary N) is 1. The summed E-state index contributed by atoms with van der Waals surface area (Å²) in [6.07, 6.45) is 4.31. The van der Waals surface area contributed by atoms with Gasteiger partial charge >= 0.3 is 0 Å². The summed E-state index contributed by atoms with van der Waals surface area (Å²) in [7, 11) is 1.87. The maximum absolute atomic E-state index is 12.2. The van der Waals surface area contributed by atoms with Crippen LogP contribution in [0.25, 0.3) is 0 Å². The van der Waals surface area contributed by atoms with E-state index in [-0.39, 0.29) is 11.8 Å². The molecule has 1 rings (SSSR count). The van der Waals surface area contributed by atoms with Gasteiger partial charge in [-0.25, -0.2) is 0 Å². The number of rotatable bonds is 6. The molecule has 4 heteroatoms. The molecule has 0 aromatic rings. The van der Waals surface area contributed by atoms with E-state index < -0.39 is 0 Å². The first-order chi connectivity index (χ1) is 8.19. The van der Waals surface area contributed by atoms with Crippen molar-refractivity contribution in [1.82, 2.24) is 4.90 Å². The van der Waals surface area contributed by atoms with Crippen molar-refractivity contribution in [2.75, 3.05) is 33.4 Å². The van der Waals surface area contributed by atoms with Crippen molar-refractivity contribution >= 4 is 5.91 Å². The number of nitrogens with zero attached hydrogens (tertiary/aromatic N) is 1. The van der Waals surface area contributed by atoms with Crippen LogP contribution in [-0.4, -0.2) is 44.2 Å². The van der Waals surface area contributed by atoms with Crippen LogP contribution in [0.5, 0.6) is 0 Å². The summed E-state index contributed by atoms with van der Waals surface area (Å²) in [6, 6.07) is 0. The van der Waals surface area contributed by atoms with E-state index in [4.69, 9.17) is 10.5 Å². The third kappa shape index (κ3) is 4.64. The maximum atomic E-state index is 12.2. The Balaban J connectivity index is 2.34. The second-order valence-corrected chi connectivity index (χ2v) is 4.92. The largest absolute Gasteiger partial charge is 0.380 e. The molecule has 17 heavy (non-hydrogen) atoms. The summed E-state index contributed by atoms with van der Waals surface area (Å²) in [5.41, 5.74) is 5.70. The van der Waals surface area contributed by atoms with Crippen LogP contribution in [0.4, 0.5) is 0 Å². The van der Waals surface area contributed by atoms with Gasteiger partial charge in [-0.15, -0.1) is 0 Å². The van der Waals surface area contributed by atoms with Gasteiger partial charge in [0.15, 0.2) is 0 Å². The first-order valence-electron chi connectivity index (χ1n) is 6.71. The Kier molecular flexibility index (Phi) is 6.52. The minimum absolute atomic E-state index is 0.184. The molecule has 0 spiro atoms. The SMILES string of the molecule is CCOCCN(C)C(=O)C1CCCC(CN)C1. The Morgan fingerprint density at radius 1 is 1.47 bits per heavy atom. The molecular formula is C13H26N2O2. The standard InChI is InChI=1S/C13H26N2O2/c1-3-17-8-7-15(2)13(16)12-6-4-5-11(9-12)10-14/h11-12H,3-10,14H2,1-2H3. The molecule has 100 valence electrons. The van der Waals surface area contributed by atoms with E-state index in [0.717, 1.165) is 19.3 Å². The van der Waals surface area contributed by atoms with Gasteiger partial charge in [0, 0.05) is 26.1 Å². The van der Waals surface area contributed by atoms with Crippen molar-refractivity contribution in [1.29, 1.82) is 0 Å². The van der Waals surface area contributed by atoms with Crippen molar-refractivity contribution in [3.63, 3.8) is 0 Å². The summed E-state index contributed by atoms with van der Waals surface area (Å²) in [4.78, 5) is 14.0. The third-order valence-electron chi connectivity index (χ3n) is 3.62. The minimum Gasteiger partial charge on any atom is -0.380 e. The average molecular weight is 242 g/mol. The quantitative estimate of drug-likeness (QED) is 0.713. The Morgan fingerprint density at radius 3 is 2.88 bits per heavy atom. The summed E-state index contributed by atoms with van der Waals surface area (Å²) in [5, 5.41) is 0. The molecule has 0 radical (unpaired) electrons. The molecule has 1 amide bonds. The number of carbonyl (C=O) groups excluding carboxylic acids is 1. The minimum atomic E-state index is 0.184. The highest BCUT2D eigenvalue weighted by Crippen LogP contribution is 2.29. The third-order valence-corrected chi connectivity index (χ3v) is 3.62. The molecular weight excluding hydrogens is 216 g/mol. The van der Waals surface area contributed by atoms with Gasteiger partial charge in [0.2, 0.25) is 5.91 Å². The fourth-order valence-electron chi connectivity index (χ4n) is 2.50. The molecule has 1 fully saturated rings. The van der Waals surface area contributed by atoms with Crippen molar-refractivity contribution < 1.29 is 9.53 Å². The van der Waals surface area contributed by atoms with Crippen LogP contribution in [-0.2, 0) is 9.53 Å². The van der Waals surface area contributed by atoms with Crippen LogP contribution < -0.4 is 5.73 Å². The predicted octanol–water partition coefficient (Wildman–Crippen LogP) is 1.25. The smallest absolute Gasteiger partial charge is 0.225 e. The zero-order valence-electron chi connectivity index (χ0n) is 11.2. The molecule has 0 bridgehead atoms. The monoisotopic (exact) mass is 242 g/mol. The summed E-state index contributed by atoms with van der Waals surface area (Å²) < 4.78 is 5.27. The molecule has 2 N–H and O–H groups in total. The molecule has 2 atom stereocenters. The molecule has 1 aliphatic carbocycles. The maximum Gasteiger partial charge on any atom is 0.225 e. The van der Waals surface area contributed by atoms with Crippen LogP contribution in [0.3, 0.4) is 0 Å². The van der Waals surface area contributed by atoms with Crippen LogP contribution in [0.2, 0.25) is 0 Å². The van der Waals surface area contributed by atoms with Crippen LogP contribution in [0.15, 0.2) is 0 Å². The molecule has 0 aromatic heterocycles. The Hall–Kier alpha value is -0.610. The van der Waals surface area contributed by atoms with E-state index in [1.54, 1.807) is 4.90 Å². The van der Waals surface area contributed by atoms with E-state index in [9.17, 15) is 4.79 Å². The van der Waals surface area contributed by atoms with Crippen molar-refractivity contribution in [3.05, 3.63) is 0 Å². The number of hydrogen-bond donors (Lipinski definition) is 1. The number of ether oxygens (including phenoxy) is 1. The van der Waals surface area contributed by atoms with Gasteiger partial charge in [0.1, 0.15) is 0 Å². The number of carbonyl (C=O) groups is 1. The zero-order chi connectivity index (χ0) is 12.7. The molecule has 0 aromatic carbocycles. The predicted molar refractivity (Wildman–Crippen MR) is 68.6 cm³/mol. The molecule has 4 nitrogen and oxygen atoms in total. The lowest BCUT2D eigenvalue weighted by atomic mass is 9.81. The van der Waals surface area contributed by atoms with E-state index in [2.05, 4.69) is 0 Å². The fourth-order valence-corrected chi connectivity index (χ4v) is 2.50. The summed E-state index contributed by atoms with van der Waals surface area (Å²) in [5.74, 6) is 0.991. The molecule has 0 heterocycles. The second kappa shape index (κ2) is 7.67. The summed E-state index contributed by atoms with van der Waals surface area (Å²) in [6.45, 7) is 4.71. The Bertz CT molecular complexity index is 233. The second-order valence-electron chi connectivity index (χ2n) is 4.92. The van der Waals surface area contributed by atoms with Gasteiger partial charge in [0.05, 0.1) is 6.61 Å². The lowest BCUT2D eigenvalue weighted by molar-refractivity contribution is -0.136. The first-order valence-corrected chi connectivity index (χ1v) is 6.71. The van der Waals surface area contributed by atoms with Gasteiger partial charge in [-0.1, -0.05) is 6.42 Å². The summed E-state index contributed by atoms with van der Waals surface area (Å²) >= 11 is 0. The Labute approximate surface area is 104 Å². The van der Waals surface area contributed by atoms with Gasteiger partial charge in [0.25, 0.3) is 0 Å². The highest BCUT2D eigenvalue weighted by molar-refractivity contribution is 5.78. The highest BCUT2D eigenvalue weighted by atomic mass is 16.5. The van der Waals surface area contributed by atoms with Crippen molar-refractivity contribution in [3.8, 4) is 0 Å². The fraction of sp³-hybridized carbons (Fsp3) is 0.923. The topological polar surface area (TPSA) is 55.6 Å². The van der Waals surface area contributed by atoms with Gasteiger partial charge < -0.3 is 15.4 Å². The molecule has 1 aliphatic rings. The van der Waals surface area contributed by atoms with Crippen LogP contribution in [0.1, 0.15) is 32.6 Å². The lowest BCUT2D eigenvalue weighted by Gasteiger charge is -2.30. The van der Waals surface area contributed by atoms with E-state index in [1.165, 1.54) is 6.42 Å². The Morgan fingerprint density at radius 2 is 2.24 bits per heavy atom. The van der Waals surface area contributed by atoms with Gasteiger partial charge in [-0.05, 0) is 38.6 Å². The molecule has 0 saturated heterocycles. The average Bonchev–Trinajstić information content (AvgIpc) is 2.38. The molecule has 1 saturated carbocycles. The molecule has 0 aliphatic heterocycles. The number of hydrogen-bond acceptors (Lipinski definition) is 3. The van der Waals surface area contributed by atoms with Gasteiger partial charge in [-0.2, -0.15) is 0 Å². The zero-order valence-corrected chi connectivity index (χ0v) is 11.2. The molecule has 2 unspecified atom stereocenters. The van der Waals surface area contributed by atoms with Gasteiger partial charge in [-0.3, -0.25) is 4.79 Å². The number of amides is 1. The normalized spacial score (nSPS) is 24.6. The highest BCUT2D eigenvalue weighted by Gasteiger charge is 2.28. The van der Waals surface area contributed by atoms with E-state index in [1.807, 2.05) is 14.0 Å². The van der Waals surface area contributed by atoms with Crippen LogP contribution in [0, 0.1) is 11.8 Å². The number of likely N-dealkylation sites (N-methyl/N-ethyl adjacent to an activating group) is 1. The van der Waals surface area contributed by atoms with Crippen LogP contribution >= 0.6 is 0 Å².